The summed E-state index contributed by atoms with van der Waals surface area (Å²) in [4.78, 5) is 0. The summed E-state index contributed by atoms with van der Waals surface area (Å²) in [5.41, 5.74) is 0. The monoisotopic (exact) mass is 499 g/mol. The fraction of sp³-hybridized carbons (Fsp3) is 1.00. The average Bonchev–Trinajstić information content (AvgIpc) is 2.68. The van der Waals surface area contributed by atoms with Gasteiger partial charge in [0, 0.05) is 42.8 Å². The molecule has 8 heteroatoms. The van der Waals surface area contributed by atoms with Gasteiger partial charge in [-0.15, -0.1) is 0 Å². The maximum Gasteiger partial charge on any atom is 0 e. The standard InChI is InChI=1S/C24H50O.2Na.H2O4S.H/c1-3-5-7-9-11-13-15-17-19-21-23-25-24-22-20-18-16-14-12-10-8-6-4-2;;;1-5(2,3)4;/h3-24H2,1-2H3;;;(H2,1,2,3,4);. The molecule has 0 amide bonds. The molecule has 187 valence electrons. The van der Waals surface area contributed by atoms with Crippen LogP contribution in [-0.2, 0) is 15.1 Å². The van der Waals surface area contributed by atoms with Crippen LogP contribution in [0.5, 0.6) is 0 Å². The van der Waals surface area contributed by atoms with E-state index in [0.717, 1.165) is 13.2 Å². The minimum atomic E-state index is -4.67. The van der Waals surface area contributed by atoms with Crippen molar-refractivity contribution in [3.8, 4) is 0 Å². The third kappa shape index (κ3) is 53.3. The molecule has 0 aliphatic heterocycles. The molecule has 0 saturated carbocycles. The second kappa shape index (κ2) is 35.0. The summed E-state index contributed by atoms with van der Waals surface area (Å²) in [5, 5.41) is 0. The van der Waals surface area contributed by atoms with E-state index in [1.165, 1.54) is 128 Å². The molecule has 0 heterocycles. The van der Waals surface area contributed by atoms with Crippen LogP contribution in [-0.4, -0.2) is 89.9 Å². The maximum atomic E-state index is 8.74. The molecule has 0 saturated heterocycles. The second-order valence-electron chi connectivity index (χ2n) is 8.42. The molecule has 0 aromatic carbocycles. The van der Waals surface area contributed by atoms with Crippen molar-refractivity contribution in [2.45, 2.75) is 142 Å². The van der Waals surface area contributed by atoms with E-state index < -0.39 is 10.4 Å². The zero-order valence-electron chi connectivity index (χ0n) is 21.1. The van der Waals surface area contributed by atoms with Crippen molar-refractivity contribution in [1.29, 1.82) is 0 Å². The quantitative estimate of drug-likeness (QED) is 0.0937. The zero-order chi connectivity index (χ0) is 22.8. The first-order valence-electron chi connectivity index (χ1n) is 12.7. The van der Waals surface area contributed by atoms with Crippen molar-refractivity contribution in [3.05, 3.63) is 0 Å². The van der Waals surface area contributed by atoms with Crippen LogP contribution in [0.3, 0.4) is 0 Å². The summed E-state index contributed by atoms with van der Waals surface area (Å²) in [6.45, 7) is 6.57. The molecule has 2 N–H and O–H groups in total. The summed E-state index contributed by atoms with van der Waals surface area (Å²) >= 11 is 0. The Bertz CT molecular complexity index is 379. The first-order chi connectivity index (χ1) is 14.4. The number of unbranched alkanes of at least 4 members (excludes halogenated alkanes) is 18. The Labute approximate surface area is 245 Å². The first-order valence-corrected chi connectivity index (χ1v) is 14.1. The number of ether oxygens (including phenoxy) is 1. The predicted molar refractivity (Wildman–Crippen MR) is 142 cm³/mol. The molecule has 0 aliphatic carbocycles. The smallest absolute Gasteiger partial charge is 0 e. The predicted octanol–water partition coefficient (Wildman–Crippen LogP) is 7.16. The maximum absolute atomic E-state index is 8.74. The van der Waals surface area contributed by atoms with Crippen LogP contribution in [0.15, 0.2) is 0 Å². The zero-order valence-corrected chi connectivity index (χ0v) is 23.9. The summed E-state index contributed by atoms with van der Waals surface area (Å²) < 4.78 is 37.4. The summed E-state index contributed by atoms with van der Waals surface area (Å²) in [6, 6.07) is 0. The van der Waals surface area contributed by atoms with Crippen LogP contribution in [0.2, 0.25) is 0 Å². The summed E-state index contributed by atoms with van der Waals surface area (Å²) in [5.74, 6) is 0. The average molecular weight is 500 g/mol. The molecular weight excluding hydrogens is 446 g/mol. The van der Waals surface area contributed by atoms with Gasteiger partial charge in [-0.1, -0.05) is 129 Å². The third-order valence-corrected chi connectivity index (χ3v) is 5.28. The molecule has 5 nitrogen and oxygen atoms in total. The Morgan fingerprint density at radius 1 is 0.500 bits per heavy atom. The molecule has 0 atom stereocenters. The van der Waals surface area contributed by atoms with Crippen LogP contribution >= 0.6 is 0 Å². The minimum Gasteiger partial charge on any atom is 0 e. The molecule has 0 aliphatic rings. The van der Waals surface area contributed by atoms with Crippen molar-refractivity contribution in [2.24, 2.45) is 0 Å². The van der Waals surface area contributed by atoms with Gasteiger partial charge < -0.3 is 4.74 Å². The molecule has 0 unspecified atom stereocenters. The van der Waals surface area contributed by atoms with Gasteiger partial charge in [-0.25, -0.2) is 0 Å². The van der Waals surface area contributed by atoms with Crippen LogP contribution in [0.25, 0.3) is 0 Å². The second-order valence-corrected chi connectivity index (χ2v) is 9.32. The van der Waals surface area contributed by atoms with Gasteiger partial charge >= 0.3 is 40.0 Å². The van der Waals surface area contributed by atoms with Crippen LogP contribution in [0, 0.1) is 0 Å². The van der Waals surface area contributed by atoms with E-state index >= 15 is 0 Å². The molecular formula is C24H53Na2O5S. The van der Waals surface area contributed by atoms with Gasteiger partial charge in [-0.05, 0) is 12.8 Å². The van der Waals surface area contributed by atoms with Crippen LogP contribution < -0.4 is 0 Å². The SMILES string of the molecule is CCCCCCCCCCCCOCCCCCCCCCCCC.O=S(=O)(O)O.[NaH].[Na]. The fourth-order valence-electron chi connectivity index (χ4n) is 3.49. The van der Waals surface area contributed by atoms with Gasteiger partial charge in [0.2, 0.25) is 0 Å². The number of hydrogen-bond donors (Lipinski definition) is 2. The van der Waals surface area contributed by atoms with E-state index in [1.807, 2.05) is 0 Å². The van der Waals surface area contributed by atoms with Gasteiger partial charge in [0.05, 0.1) is 0 Å². The molecule has 1 radical (unpaired) electrons. The van der Waals surface area contributed by atoms with E-state index in [2.05, 4.69) is 13.8 Å². The van der Waals surface area contributed by atoms with Crippen molar-refractivity contribution in [3.63, 3.8) is 0 Å². The molecule has 0 spiro atoms. The van der Waals surface area contributed by atoms with Crippen molar-refractivity contribution in [1.82, 2.24) is 0 Å². The summed E-state index contributed by atoms with van der Waals surface area (Å²) in [7, 11) is -4.67. The van der Waals surface area contributed by atoms with E-state index in [0.29, 0.717) is 0 Å². The van der Waals surface area contributed by atoms with E-state index in [1.54, 1.807) is 0 Å². The van der Waals surface area contributed by atoms with Crippen LogP contribution in [0.1, 0.15) is 142 Å². The van der Waals surface area contributed by atoms with E-state index in [9.17, 15) is 0 Å². The van der Waals surface area contributed by atoms with Crippen molar-refractivity contribution >= 4 is 69.5 Å². The van der Waals surface area contributed by atoms with E-state index in [4.69, 9.17) is 22.3 Å². The van der Waals surface area contributed by atoms with Crippen molar-refractivity contribution in [2.75, 3.05) is 13.2 Å². The first kappa shape index (κ1) is 41.0. The molecule has 0 aromatic rings. The fourth-order valence-corrected chi connectivity index (χ4v) is 3.49. The summed E-state index contributed by atoms with van der Waals surface area (Å²) in [6.07, 6.45) is 28.2. The van der Waals surface area contributed by atoms with Crippen molar-refractivity contribution < 1.29 is 22.3 Å². The normalized spacial score (nSPS) is 10.6. The molecule has 32 heavy (non-hydrogen) atoms. The molecule has 0 bridgehead atoms. The Kier molecular flexibility index (Phi) is 44.8. The third-order valence-electron chi connectivity index (χ3n) is 5.28. The molecule has 0 aromatic heterocycles. The van der Waals surface area contributed by atoms with Gasteiger partial charge in [-0.3, -0.25) is 9.11 Å². The Morgan fingerprint density at radius 2 is 0.688 bits per heavy atom. The molecule has 0 fully saturated rings. The number of rotatable bonds is 22. The van der Waals surface area contributed by atoms with Crippen LogP contribution in [0.4, 0.5) is 0 Å². The number of hydrogen-bond acceptors (Lipinski definition) is 3. The van der Waals surface area contributed by atoms with Gasteiger partial charge in [0.15, 0.2) is 0 Å². The Morgan fingerprint density at radius 3 is 0.906 bits per heavy atom. The Balaban J connectivity index is -0.000000501. The van der Waals surface area contributed by atoms with Gasteiger partial charge in [-0.2, -0.15) is 8.42 Å². The van der Waals surface area contributed by atoms with Gasteiger partial charge in [0.25, 0.3) is 0 Å². The van der Waals surface area contributed by atoms with E-state index in [-0.39, 0.29) is 59.1 Å². The minimum absolute atomic E-state index is 0. The topological polar surface area (TPSA) is 83.8 Å². The van der Waals surface area contributed by atoms with Gasteiger partial charge in [0.1, 0.15) is 0 Å². The Hall–Kier alpha value is 1.83. The molecule has 0 rings (SSSR count). The largest absolute Gasteiger partial charge is 0 e.